The van der Waals surface area contributed by atoms with E-state index in [-0.39, 0.29) is 17.9 Å². The molecule has 0 saturated heterocycles. The quantitative estimate of drug-likeness (QED) is 0.750. The number of halogens is 1. The summed E-state index contributed by atoms with van der Waals surface area (Å²) in [5, 5.41) is 8.63. The van der Waals surface area contributed by atoms with Gasteiger partial charge in [-0.1, -0.05) is 12.7 Å². The molecule has 0 spiro atoms. The molecule has 4 heteroatoms. The van der Waals surface area contributed by atoms with Crippen LogP contribution in [0.4, 0.5) is 4.39 Å². The Labute approximate surface area is 80.4 Å². The molecule has 0 aromatic heterocycles. The molecule has 0 aliphatic carbocycles. The van der Waals surface area contributed by atoms with E-state index in [1.54, 1.807) is 0 Å². The molecule has 0 fully saturated rings. The second kappa shape index (κ2) is 4.41. The minimum Gasteiger partial charge on any atom is -0.486 e. The number of hydrogen-bond donors (Lipinski definition) is 1. The van der Waals surface area contributed by atoms with Crippen molar-refractivity contribution in [1.29, 1.82) is 0 Å². The molecule has 0 amide bonds. The van der Waals surface area contributed by atoms with Crippen molar-refractivity contribution in [2.45, 2.75) is 0 Å². The molecule has 3 nitrogen and oxygen atoms in total. The summed E-state index contributed by atoms with van der Waals surface area (Å²) >= 11 is 0. The largest absolute Gasteiger partial charge is 0.486 e. The van der Waals surface area contributed by atoms with Crippen molar-refractivity contribution >= 4 is 5.97 Å². The lowest BCUT2D eigenvalue weighted by molar-refractivity contribution is 0.0696. The van der Waals surface area contributed by atoms with Crippen molar-refractivity contribution < 1.29 is 19.0 Å². The second-order valence-corrected chi connectivity index (χ2v) is 2.55. The van der Waals surface area contributed by atoms with Gasteiger partial charge >= 0.3 is 5.97 Å². The summed E-state index contributed by atoms with van der Waals surface area (Å²) in [6.07, 6.45) is 1.45. The predicted molar refractivity (Wildman–Crippen MR) is 49.1 cm³/mol. The minimum atomic E-state index is -1.12. The summed E-state index contributed by atoms with van der Waals surface area (Å²) < 4.78 is 17.9. The van der Waals surface area contributed by atoms with Crippen LogP contribution in [0.5, 0.6) is 5.75 Å². The third kappa shape index (κ3) is 2.32. The highest BCUT2D eigenvalue weighted by atomic mass is 19.1. The van der Waals surface area contributed by atoms with Crippen LogP contribution in [-0.4, -0.2) is 17.7 Å². The van der Waals surface area contributed by atoms with Crippen LogP contribution < -0.4 is 4.74 Å². The number of aromatic carboxylic acids is 1. The van der Waals surface area contributed by atoms with E-state index < -0.39 is 11.8 Å². The highest BCUT2D eigenvalue weighted by Gasteiger charge is 2.08. The Balaban J connectivity index is 2.95. The predicted octanol–water partition coefficient (Wildman–Crippen LogP) is 2.09. The van der Waals surface area contributed by atoms with Crippen molar-refractivity contribution in [3.63, 3.8) is 0 Å². The van der Waals surface area contributed by atoms with Crippen molar-refractivity contribution in [2.24, 2.45) is 0 Å². The molecule has 1 aromatic carbocycles. The molecule has 0 aliphatic heterocycles. The van der Waals surface area contributed by atoms with E-state index in [2.05, 4.69) is 6.58 Å². The topological polar surface area (TPSA) is 46.5 Å². The van der Waals surface area contributed by atoms with Crippen LogP contribution in [-0.2, 0) is 0 Å². The van der Waals surface area contributed by atoms with Crippen molar-refractivity contribution in [1.82, 2.24) is 0 Å². The lowest BCUT2D eigenvalue weighted by Crippen LogP contribution is -2.00. The van der Waals surface area contributed by atoms with Gasteiger partial charge in [0.05, 0.1) is 5.56 Å². The Hall–Kier alpha value is -1.84. The fourth-order valence-electron chi connectivity index (χ4n) is 0.896. The molecule has 0 saturated carbocycles. The van der Waals surface area contributed by atoms with Gasteiger partial charge in [0.25, 0.3) is 0 Å². The first-order valence-electron chi connectivity index (χ1n) is 3.91. The fourth-order valence-corrected chi connectivity index (χ4v) is 0.896. The smallest absolute Gasteiger partial charge is 0.335 e. The first kappa shape index (κ1) is 10.2. The van der Waals surface area contributed by atoms with Gasteiger partial charge in [0.2, 0.25) is 0 Å². The Morgan fingerprint density at radius 1 is 1.64 bits per heavy atom. The molecule has 0 unspecified atom stereocenters. The van der Waals surface area contributed by atoms with E-state index in [1.165, 1.54) is 12.1 Å². The van der Waals surface area contributed by atoms with E-state index >= 15 is 0 Å². The molecule has 0 radical (unpaired) electrons. The number of carbonyl (C=O) groups is 1. The van der Waals surface area contributed by atoms with E-state index in [0.29, 0.717) is 0 Å². The molecule has 1 aromatic rings. The van der Waals surface area contributed by atoms with Crippen molar-refractivity contribution in [3.8, 4) is 5.75 Å². The number of rotatable bonds is 4. The number of hydrogen-bond acceptors (Lipinski definition) is 2. The minimum absolute atomic E-state index is 0.00883. The average molecular weight is 196 g/mol. The van der Waals surface area contributed by atoms with Gasteiger partial charge in [-0.05, 0) is 18.2 Å². The van der Waals surface area contributed by atoms with Gasteiger partial charge in [-0.15, -0.1) is 0 Å². The Morgan fingerprint density at radius 2 is 2.36 bits per heavy atom. The van der Waals surface area contributed by atoms with E-state index in [9.17, 15) is 9.18 Å². The Morgan fingerprint density at radius 3 is 2.93 bits per heavy atom. The van der Waals surface area contributed by atoms with Crippen molar-refractivity contribution in [3.05, 3.63) is 42.2 Å². The second-order valence-electron chi connectivity index (χ2n) is 2.55. The van der Waals surface area contributed by atoms with Crippen LogP contribution in [0.3, 0.4) is 0 Å². The maximum Gasteiger partial charge on any atom is 0.335 e. The zero-order chi connectivity index (χ0) is 10.6. The van der Waals surface area contributed by atoms with Gasteiger partial charge in [-0.3, -0.25) is 0 Å². The molecular formula is C10H9FO3. The summed E-state index contributed by atoms with van der Waals surface area (Å²) in [5.74, 6) is -1.78. The normalized spacial score (nSPS) is 9.50. The standard InChI is InChI=1S/C10H9FO3/c1-2-5-14-9-6-7(10(12)13)3-4-8(9)11/h2-4,6H,1,5H2,(H,12,13). The third-order valence-electron chi connectivity index (χ3n) is 1.53. The number of carboxylic acids is 1. The Kier molecular flexibility index (Phi) is 3.23. The van der Waals surface area contributed by atoms with Crippen LogP contribution in [0, 0.1) is 5.82 Å². The number of ether oxygens (including phenoxy) is 1. The van der Waals surface area contributed by atoms with Gasteiger partial charge in [0, 0.05) is 0 Å². The van der Waals surface area contributed by atoms with Gasteiger partial charge < -0.3 is 9.84 Å². The van der Waals surface area contributed by atoms with E-state index in [4.69, 9.17) is 9.84 Å². The number of carboxylic acid groups (broad SMARTS) is 1. The first-order chi connectivity index (χ1) is 6.65. The highest BCUT2D eigenvalue weighted by molar-refractivity contribution is 5.88. The van der Waals surface area contributed by atoms with Crippen molar-refractivity contribution in [2.75, 3.05) is 6.61 Å². The lowest BCUT2D eigenvalue weighted by Gasteiger charge is -2.04. The molecule has 1 rings (SSSR count). The first-order valence-corrected chi connectivity index (χ1v) is 3.91. The summed E-state index contributed by atoms with van der Waals surface area (Å²) in [5.41, 5.74) is -0.00883. The zero-order valence-corrected chi connectivity index (χ0v) is 7.37. The summed E-state index contributed by atoms with van der Waals surface area (Å²) in [6, 6.07) is 3.38. The number of benzene rings is 1. The van der Waals surface area contributed by atoms with Gasteiger partial charge in [0.15, 0.2) is 11.6 Å². The van der Waals surface area contributed by atoms with E-state index in [0.717, 1.165) is 12.1 Å². The molecule has 0 heterocycles. The maximum absolute atomic E-state index is 13.0. The molecule has 0 atom stereocenters. The Bertz CT molecular complexity index is 360. The SMILES string of the molecule is C=CCOc1cc(C(=O)O)ccc1F. The molecule has 0 bridgehead atoms. The van der Waals surface area contributed by atoms with Crippen LogP contribution in [0.15, 0.2) is 30.9 Å². The van der Waals surface area contributed by atoms with Crippen LogP contribution in [0.1, 0.15) is 10.4 Å². The van der Waals surface area contributed by atoms with Crippen LogP contribution >= 0.6 is 0 Å². The van der Waals surface area contributed by atoms with Crippen LogP contribution in [0.25, 0.3) is 0 Å². The molecule has 0 aliphatic rings. The van der Waals surface area contributed by atoms with E-state index in [1.807, 2.05) is 0 Å². The summed E-state index contributed by atoms with van der Waals surface area (Å²) in [6.45, 7) is 3.54. The van der Waals surface area contributed by atoms with Gasteiger partial charge in [-0.25, -0.2) is 9.18 Å². The molecule has 74 valence electrons. The molecule has 1 N–H and O–H groups in total. The van der Waals surface area contributed by atoms with Crippen LogP contribution in [0.2, 0.25) is 0 Å². The average Bonchev–Trinajstić information content (AvgIpc) is 2.16. The monoisotopic (exact) mass is 196 g/mol. The molecular weight excluding hydrogens is 187 g/mol. The lowest BCUT2D eigenvalue weighted by atomic mass is 10.2. The van der Waals surface area contributed by atoms with Gasteiger partial charge in [-0.2, -0.15) is 0 Å². The third-order valence-corrected chi connectivity index (χ3v) is 1.53. The molecule has 14 heavy (non-hydrogen) atoms. The highest BCUT2D eigenvalue weighted by Crippen LogP contribution is 2.18. The summed E-state index contributed by atoms with van der Waals surface area (Å²) in [4.78, 5) is 10.5. The van der Waals surface area contributed by atoms with Gasteiger partial charge in [0.1, 0.15) is 6.61 Å². The fraction of sp³-hybridized carbons (Fsp3) is 0.100. The summed E-state index contributed by atoms with van der Waals surface area (Å²) in [7, 11) is 0. The maximum atomic E-state index is 13.0. The zero-order valence-electron chi connectivity index (χ0n) is 7.37.